The summed E-state index contributed by atoms with van der Waals surface area (Å²) in [5.74, 6) is 2.67. The minimum atomic E-state index is -0.188. The number of hydrogen-bond acceptors (Lipinski definition) is 6. The molecule has 0 spiro atoms. The molecule has 0 amide bonds. The van der Waals surface area contributed by atoms with Gasteiger partial charge in [0.1, 0.15) is 6.04 Å². The van der Waals surface area contributed by atoms with E-state index in [1.807, 2.05) is 12.1 Å². The number of benzene rings is 2. The Kier molecular flexibility index (Phi) is 11.4. The van der Waals surface area contributed by atoms with E-state index in [4.69, 9.17) is 23.7 Å². The quantitative estimate of drug-likeness (QED) is 0.250. The molecule has 0 fully saturated rings. The Morgan fingerprint density at radius 3 is 2.09 bits per heavy atom. The Balaban J connectivity index is 0.00000289. The standard InChI is InChI=1S/C25H34NO6.CH4.HI/c1-26(12-10-25(27)32-6)11-9-18-15-23(30-4)24(31-5)16-19(18)20(26)13-17-7-8-21(28-2)22(14-17)29-3;;/h7-8,14-16,20H,9-13H2,1-6H3;1H4;1H/q+1;;/p-1/t20-,26-;;/m1../s1. The fourth-order valence-corrected chi connectivity index (χ4v) is 4.61. The number of quaternary nitrogens is 1. The number of rotatable bonds is 9. The molecular weight excluding hydrogens is 549 g/mol. The van der Waals surface area contributed by atoms with Gasteiger partial charge in [-0.05, 0) is 35.4 Å². The molecule has 0 saturated heterocycles. The number of methoxy groups -OCH3 is 5. The number of hydrogen-bond donors (Lipinski definition) is 0. The highest BCUT2D eigenvalue weighted by atomic mass is 127. The minimum absolute atomic E-state index is 0. The molecule has 0 saturated carbocycles. The molecule has 1 aliphatic rings. The molecule has 1 heterocycles. The fraction of sp³-hybridized carbons (Fsp3) is 0.500. The van der Waals surface area contributed by atoms with Crippen molar-refractivity contribution in [1.82, 2.24) is 0 Å². The zero-order chi connectivity index (χ0) is 23.3. The zero-order valence-electron chi connectivity index (χ0n) is 20.3. The van der Waals surface area contributed by atoms with Crippen molar-refractivity contribution in [3.63, 3.8) is 0 Å². The van der Waals surface area contributed by atoms with Crippen LogP contribution in [-0.2, 0) is 22.4 Å². The molecule has 0 bridgehead atoms. The Morgan fingerprint density at radius 2 is 1.50 bits per heavy atom. The van der Waals surface area contributed by atoms with Crippen LogP contribution in [0.2, 0.25) is 0 Å². The first-order valence-electron chi connectivity index (χ1n) is 10.8. The summed E-state index contributed by atoms with van der Waals surface area (Å²) in [6.07, 6.45) is 2.05. The first-order chi connectivity index (χ1) is 15.4. The summed E-state index contributed by atoms with van der Waals surface area (Å²) in [4.78, 5) is 11.9. The maximum absolute atomic E-state index is 11.9. The van der Waals surface area contributed by atoms with Crippen molar-refractivity contribution in [2.75, 3.05) is 55.7 Å². The Bertz CT molecular complexity index is 967. The SMILES string of the molecule is C.COC(=O)CC[N@@+]1(C)CCc2cc(OC)c(OC)cc2[C@H]1Cc1ccc(OC)c(OC)c1.[I-]. The van der Waals surface area contributed by atoms with Gasteiger partial charge in [0.25, 0.3) is 0 Å². The maximum atomic E-state index is 11.9. The molecule has 34 heavy (non-hydrogen) atoms. The highest BCUT2D eigenvalue weighted by Crippen LogP contribution is 2.43. The third-order valence-electron chi connectivity index (χ3n) is 6.58. The number of carbonyl (C=O) groups excluding carboxylic acids is 1. The molecule has 2 aromatic carbocycles. The van der Waals surface area contributed by atoms with Crippen LogP contribution in [0.3, 0.4) is 0 Å². The van der Waals surface area contributed by atoms with E-state index in [1.165, 1.54) is 18.2 Å². The predicted octanol–water partition coefficient (Wildman–Crippen LogP) is 1.21. The molecular formula is C26H38INO6. The molecule has 8 heteroatoms. The second-order valence-electron chi connectivity index (χ2n) is 8.32. The van der Waals surface area contributed by atoms with E-state index in [1.54, 1.807) is 28.4 Å². The van der Waals surface area contributed by atoms with Gasteiger partial charge in [0.2, 0.25) is 0 Å². The number of fused-ring (bicyclic) bond motifs is 1. The van der Waals surface area contributed by atoms with Crippen LogP contribution >= 0.6 is 0 Å². The number of halogens is 1. The van der Waals surface area contributed by atoms with E-state index in [0.717, 1.165) is 35.2 Å². The molecule has 0 N–H and O–H groups in total. The Morgan fingerprint density at radius 1 is 0.912 bits per heavy atom. The van der Waals surface area contributed by atoms with E-state index in [-0.39, 0.29) is 43.4 Å². The van der Waals surface area contributed by atoms with Gasteiger partial charge in [-0.1, -0.05) is 13.5 Å². The van der Waals surface area contributed by atoms with Crippen LogP contribution < -0.4 is 42.9 Å². The van der Waals surface area contributed by atoms with Crippen LogP contribution in [0.5, 0.6) is 23.0 Å². The van der Waals surface area contributed by atoms with E-state index in [9.17, 15) is 4.79 Å². The van der Waals surface area contributed by atoms with Crippen LogP contribution in [0.25, 0.3) is 0 Å². The fourth-order valence-electron chi connectivity index (χ4n) is 4.61. The van der Waals surface area contributed by atoms with Crippen LogP contribution in [-0.4, -0.2) is 66.1 Å². The number of nitrogens with zero attached hydrogens (tertiary/aromatic N) is 1. The van der Waals surface area contributed by atoms with Crippen molar-refractivity contribution >= 4 is 5.97 Å². The lowest BCUT2D eigenvalue weighted by Gasteiger charge is -2.46. The molecule has 2 aromatic rings. The van der Waals surface area contributed by atoms with Crippen molar-refractivity contribution in [3.05, 3.63) is 47.0 Å². The van der Waals surface area contributed by atoms with E-state index in [2.05, 4.69) is 25.2 Å². The van der Waals surface area contributed by atoms with Crippen LogP contribution in [0, 0.1) is 0 Å². The van der Waals surface area contributed by atoms with Crippen molar-refractivity contribution in [3.8, 4) is 23.0 Å². The largest absolute Gasteiger partial charge is 1.00 e. The third-order valence-corrected chi connectivity index (χ3v) is 6.58. The van der Waals surface area contributed by atoms with Crippen molar-refractivity contribution in [1.29, 1.82) is 0 Å². The molecule has 7 nitrogen and oxygen atoms in total. The summed E-state index contributed by atoms with van der Waals surface area (Å²) in [6, 6.07) is 10.3. The number of esters is 1. The Hall–Kier alpha value is -2.20. The van der Waals surface area contributed by atoms with Crippen LogP contribution in [0.15, 0.2) is 30.3 Å². The summed E-state index contributed by atoms with van der Waals surface area (Å²) >= 11 is 0. The third kappa shape index (κ3) is 6.27. The first-order valence-corrected chi connectivity index (χ1v) is 10.8. The van der Waals surface area contributed by atoms with Gasteiger partial charge < -0.3 is 52.1 Å². The summed E-state index contributed by atoms with van der Waals surface area (Å²) in [5.41, 5.74) is 3.61. The predicted molar refractivity (Wildman–Crippen MR) is 129 cm³/mol. The van der Waals surface area contributed by atoms with Gasteiger partial charge in [0, 0.05) is 18.4 Å². The molecule has 0 aromatic heterocycles. The monoisotopic (exact) mass is 587 g/mol. The van der Waals surface area contributed by atoms with Gasteiger partial charge in [-0.2, -0.15) is 0 Å². The number of likely N-dealkylation sites (N-methyl/N-ethyl adjacent to an activating group) is 1. The van der Waals surface area contributed by atoms with Crippen molar-refractivity contribution in [2.45, 2.75) is 32.7 Å². The van der Waals surface area contributed by atoms with Crippen LogP contribution in [0.4, 0.5) is 0 Å². The van der Waals surface area contributed by atoms with E-state index < -0.39 is 0 Å². The average Bonchev–Trinajstić information content (AvgIpc) is 2.83. The maximum Gasteiger partial charge on any atom is 0.311 e. The number of ether oxygens (including phenoxy) is 5. The molecule has 0 aliphatic carbocycles. The topological polar surface area (TPSA) is 63.2 Å². The smallest absolute Gasteiger partial charge is 0.311 e. The number of carbonyl (C=O) groups is 1. The Labute approximate surface area is 220 Å². The van der Waals surface area contributed by atoms with Gasteiger partial charge in [0.15, 0.2) is 23.0 Å². The molecule has 190 valence electrons. The lowest BCUT2D eigenvalue weighted by atomic mass is 9.86. The lowest BCUT2D eigenvalue weighted by Crippen LogP contribution is -3.00. The van der Waals surface area contributed by atoms with Gasteiger partial charge in [-0.15, -0.1) is 0 Å². The molecule has 3 rings (SSSR count). The molecule has 0 unspecified atom stereocenters. The second-order valence-corrected chi connectivity index (χ2v) is 8.32. The minimum Gasteiger partial charge on any atom is -1.00 e. The highest BCUT2D eigenvalue weighted by Gasteiger charge is 2.40. The van der Waals surface area contributed by atoms with Crippen LogP contribution in [0.1, 0.15) is 36.6 Å². The van der Waals surface area contributed by atoms with E-state index in [0.29, 0.717) is 30.2 Å². The van der Waals surface area contributed by atoms with Gasteiger partial charge in [0.05, 0.1) is 62.1 Å². The molecule has 1 aliphatic heterocycles. The first kappa shape index (κ1) is 29.8. The zero-order valence-corrected chi connectivity index (χ0v) is 22.4. The lowest BCUT2D eigenvalue weighted by molar-refractivity contribution is -0.940. The normalized spacial score (nSPS) is 18.5. The van der Waals surface area contributed by atoms with Crippen molar-refractivity contribution < 1.29 is 56.9 Å². The molecule has 0 radical (unpaired) electrons. The second kappa shape index (κ2) is 13.0. The average molecular weight is 587 g/mol. The summed E-state index contributed by atoms with van der Waals surface area (Å²) in [6.45, 7) is 1.61. The van der Waals surface area contributed by atoms with Gasteiger partial charge >= 0.3 is 5.97 Å². The van der Waals surface area contributed by atoms with E-state index >= 15 is 0 Å². The van der Waals surface area contributed by atoms with Crippen molar-refractivity contribution in [2.24, 2.45) is 0 Å². The molecule has 2 atom stereocenters. The summed E-state index contributed by atoms with van der Waals surface area (Å²) < 4.78 is 27.7. The van der Waals surface area contributed by atoms with Gasteiger partial charge in [-0.3, -0.25) is 4.79 Å². The summed E-state index contributed by atoms with van der Waals surface area (Å²) in [7, 11) is 10.2. The highest BCUT2D eigenvalue weighted by molar-refractivity contribution is 5.69. The summed E-state index contributed by atoms with van der Waals surface area (Å²) in [5, 5.41) is 0. The van der Waals surface area contributed by atoms with Gasteiger partial charge in [-0.25, -0.2) is 0 Å².